The maximum Gasteiger partial charge on any atom is 0.254 e. The van der Waals surface area contributed by atoms with Crippen LogP contribution >= 0.6 is 11.6 Å². The number of piperidine rings is 1. The van der Waals surface area contributed by atoms with Gasteiger partial charge in [0.2, 0.25) is 5.79 Å². The average molecular weight is 609 g/mol. The lowest BCUT2D eigenvalue weighted by molar-refractivity contribution is -0.460. The summed E-state index contributed by atoms with van der Waals surface area (Å²) in [5, 5.41) is 24.4. The van der Waals surface area contributed by atoms with E-state index >= 15 is 0 Å². The van der Waals surface area contributed by atoms with E-state index in [1.807, 2.05) is 13.8 Å². The number of Topliss-reactive ketones (excluding diaryl/α,β-unsaturated/α-hetero) is 3. The topological polar surface area (TPSA) is 134 Å². The third-order valence-electron chi connectivity index (χ3n) is 13.3. The van der Waals surface area contributed by atoms with Crippen LogP contribution in [0.1, 0.15) is 62.7 Å². The number of aliphatic hydroxyl groups is 2. The Labute approximate surface area is 255 Å². The van der Waals surface area contributed by atoms with E-state index in [0.717, 1.165) is 0 Å². The molecule has 5 saturated carbocycles. The summed E-state index contributed by atoms with van der Waals surface area (Å²) in [7, 11) is 0. The molecule has 3 saturated heterocycles. The van der Waals surface area contributed by atoms with E-state index in [1.54, 1.807) is 11.0 Å². The highest BCUT2D eigenvalue weighted by molar-refractivity contribution is 6.29. The first-order valence-electron chi connectivity index (χ1n) is 15.6. The summed E-state index contributed by atoms with van der Waals surface area (Å²) in [5.41, 5.74) is -3.42. The van der Waals surface area contributed by atoms with E-state index in [9.17, 15) is 29.4 Å². The largest absolute Gasteiger partial charge is 0.387 e. The van der Waals surface area contributed by atoms with Crippen LogP contribution in [0.5, 0.6) is 0 Å². The van der Waals surface area contributed by atoms with E-state index in [1.165, 1.54) is 12.3 Å². The molecule has 2 bridgehead atoms. The number of halogens is 1. The van der Waals surface area contributed by atoms with Crippen molar-refractivity contribution in [1.82, 2.24) is 9.88 Å². The van der Waals surface area contributed by atoms with Gasteiger partial charge in [0, 0.05) is 49.0 Å². The molecule has 9 nitrogen and oxygen atoms in total. The molecule has 0 aromatic carbocycles. The molecule has 1 amide bonds. The summed E-state index contributed by atoms with van der Waals surface area (Å²) in [4.78, 5) is 61.9. The van der Waals surface area contributed by atoms with Crippen LogP contribution in [0.2, 0.25) is 5.15 Å². The lowest BCUT2D eigenvalue weighted by Crippen LogP contribution is -2.95. The Morgan fingerprint density at radius 2 is 1.86 bits per heavy atom. The molecule has 4 heterocycles. The summed E-state index contributed by atoms with van der Waals surface area (Å²) in [6.07, 6.45) is 3.04. The Balaban J connectivity index is 1.12. The van der Waals surface area contributed by atoms with Gasteiger partial charge in [-0.25, -0.2) is 4.98 Å². The molecule has 1 aromatic rings. The lowest BCUT2D eigenvalue weighted by atomic mass is 9.18. The van der Waals surface area contributed by atoms with Gasteiger partial charge in [-0.05, 0) is 61.5 Å². The number of allylic oxidation sites excluding steroid dienone is 1. The van der Waals surface area contributed by atoms with E-state index in [0.29, 0.717) is 62.8 Å². The van der Waals surface area contributed by atoms with Crippen molar-refractivity contribution in [2.24, 2.45) is 51.2 Å². The highest BCUT2D eigenvalue weighted by atomic mass is 35.5. The van der Waals surface area contributed by atoms with Crippen molar-refractivity contribution in [2.75, 3.05) is 19.7 Å². The van der Waals surface area contributed by atoms with Crippen molar-refractivity contribution >= 4 is 34.9 Å². The van der Waals surface area contributed by atoms with Gasteiger partial charge in [0.15, 0.2) is 11.6 Å². The number of likely N-dealkylation sites (tertiary alicyclic amines) is 1. The third-order valence-corrected chi connectivity index (χ3v) is 13.5. The molecule has 3 aliphatic heterocycles. The predicted molar refractivity (Wildman–Crippen MR) is 152 cm³/mol. The van der Waals surface area contributed by atoms with Crippen LogP contribution in [0.25, 0.3) is 0 Å². The first kappa shape index (κ1) is 28.0. The molecule has 43 heavy (non-hydrogen) atoms. The molecule has 228 valence electrons. The monoisotopic (exact) mass is 608 g/mol. The highest BCUT2D eigenvalue weighted by Gasteiger charge is 2.96. The van der Waals surface area contributed by atoms with Crippen molar-refractivity contribution in [1.29, 1.82) is 0 Å². The first-order chi connectivity index (χ1) is 20.3. The molecule has 9 unspecified atom stereocenters. The van der Waals surface area contributed by atoms with E-state index in [2.05, 4.69) is 11.6 Å². The number of ether oxygens (including phenoxy) is 1. The molecule has 8 fully saturated rings. The fourth-order valence-corrected chi connectivity index (χ4v) is 11.8. The van der Waals surface area contributed by atoms with Gasteiger partial charge in [-0.3, -0.25) is 19.2 Å². The fraction of sp³-hybridized carbons (Fsp3) is 0.667. The summed E-state index contributed by atoms with van der Waals surface area (Å²) in [6, 6.07) is 3.13. The average Bonchev–Trinajstić information content (AvgIpc) is 2.98. The number of carbonyl (C=O) groups excluding carboxylic acids is 4. The second-order valence-electron chi connectivity index (χ2n) is 14.9. The molecule has 2 spiro atoms. The van der Waals surface area contributed by atoms with Crippen LogP contribution in [-0.4, -0.2) is 74.9 Å². The van der Waals surface area contributed by atoms with Gasteiger partial charge in [-0.1, -0.05) is 37.6 Å². The van der Waals surface area contributed by atoms with Crippen LogP contribution in [0.15, 0.2) is 30.5 Å². The first-order valence-corrected chi connectivity index (χ1v) is 16.0. The SMILES string of the molecule is C=C1C2CCC3C45COC(O)(C(O)C4C(C)(C)CCC5=O)C34C(=O)C1(C(=O)C1CCN(C(=O)c3ccnc(Cl)c3)CC1)C24. The molecule has 0 radical (unpaired) electrons. The molecule has 2 N–H and O–H groups in total. The van der Waals surface area contributed by atoms with Crippen molar-refractivity contribution in [2.45, 2.75) is 64.3 Å². The van der Waals surface area contributed by atoms with E-state index in [4.69, 9.17) is 16.3 Å². The number of fused-ring (bicyclic) bond motifs is 1. The van der Waals surface area contributed by atoms with Gasteiger partial charge >= 0.3 is 0 Å². The van der Waals surface area contributed by atoms with Gasteiger partial charge in [0.25, 0.3) is 5.91 Å². The van der Waals surface area contributed by atoms with Crippen LogP contribution in [0.4, 0.5) is 0 Å². The van der Waals surface area contributed by atoms with Crippen LogP contribution in [0.3, 0.4) is 0 Å². The Hall–Kier alpha value is -2.46. The molecular weight excluding hydrogens is 572 g/mol. The molecule has 9 rings (SSSR count). The summed E-state index contributed by atoms with van der Waals surface area (Å²) in [6.45, 7) is 9.03. The summed E-state index contributed by atoms with van der Waals surface area (Å²) < 4.78 is 6.10. The van der Waals surface area contributed by atoms with Crippen LogP contribution in [-0.2, 0) is 19.1 Å². The minimum Gasteiger partial charge on any atom is -0.387 e. The predicted octanol–water partition coefficient (Wildman–Crippen LogP) is 3.01. The number of aliphatic hydroxyl groups excluding tert-OH is 1. The second-order valence-corrected chi connectivity index (χ2v) is 15.3. The van der Waals surface area contributed by atoms with E-state index < -0.39 is 63.0 Å². The second kappa shape index (κ2) is 8.42. The normalized spacial score (nSPS) is 45.8. The number of carbonyl (C=O) groups is 4. The summed E-state index contributed by atoms with van der Waals surface area (Å²) in [5.74, 6) is -5.15. The number of aromatic nitrogens is 1. The third kappa shape index (κ3) is 2.82. The van der Waals surface area contributed by atoms with Crippen LogP contribution in [0, 0.1) is 51.2 Å². The van der Waals surface area contributed by atoms with Gasteiger partial charge in [-0.2, -0.15) is 0 Å². The number of hydrogen-bond acceptors (Lipinski definition) is 8. The zero-order valence-corrected chi connectivity index (χ0v) is 25.2. The van der Waals surface area contributed by atoms with E-state index in [-0.39, 0.29) is 35.2 Å². The fourth-order valence-electron chi connectivity index (χ4n) is 11.6. The maximum atomic E-state index is 14.8. The molecule has 5 aliphatic carbocycles. The molecular formula is C33H37ClN2O7. The van der Waals surface area contributed by atoms with Crippen molar-refractivity contribution in [3.8, 4) is 0 Å². The molecule has 9 atom stereocenters. The number of hydrogen-bond donors (Lipinski definition) is 2. The number of pyridine rings is 1. The lowest BCUT2D eigenvalue weighted by Gasteiger charge is -2.84. The highest BCUT2D eigenvalue weighted by Crippen LogP contribution is 2.87. The zero-order chi connectivity index (χ0) is 30.5. The van der Waals surface area contributed by atoms with Crippen molar-refractivity contribution in [3.05, 3.63) is 41.2 Å². The smallest absolute Gasteiger partial charge is 0.254 e. The standard InChI is InChI=1S/C33H37ClN2O7/c1-16-19-4-5-20-30-15-43-33(42,26(39)24(30)29(2,3)10-6-21(30)37)32(20)23(19)31(16,28(32)41)25(38)17-8-12-36(13-9-17)27(40)18-7-11-35-22(34)14-18/h7,11,14,17,19-20,23-24,26,39,42H,1,4-6,8-10,12-13,15H2,2-3H3. The summed E-state index contributed by atoms with van der Waals surface area (Å²) >= 11 is 5.97. The number of amides is 1. The van der Waals surface area contributed by atoms with Crippen LogP contribution < -0.4 is 0 Å². The number of ketones is 3. The Kier molecular flexibility index (Phi) is 5.49. The minimum absolute atomic E-state index is 0.00255. The molecule has 1 aromatic heterocycles. The van der Waals surface area contributed by atoms with Gasteiger partial charge < -0.3 is 19.8 Å². The Bertz CT molecular complexity index is 1530. The van der Waals surface area contributed by atoms with Gasteiger partial charge in [0.05, 0.1) is 17.4 Å². The van der Waals surface area contributed by atoms with Gasteiger partial charge in [0.1, 0.15) is 22.5 Å². The number of rotatable bonds is 3. The maximum absolute atomic E-state index is 14.8. The minimum atomic E-state index is -2.16. The quantitative estimate of drug-likeness (QED) is 0.304. The Morgan fingerprint density at radius 1 is 1.14 bits per heavy atom. The van der Waals surface area contributed by atoms with Gasteiger partial charge in [-0.15, -0.1) is 0 Å². The van der Waals surface area contributed by atoms with Crippen molar-refractivity contribution < 1.29 is 34.1 Å². The Morgan fingerprint density at radius 3 is 2.56 bits per heavy atom. The molecule has 10 heteroatoms. The number of nitrogens with zero attached hydrogens (tertiary/aromatic N) is 2. The van der Waals surface area contributed by atoms with Crippen molar-refractivity contribution in [3.63, 3.8) is 0 Å². The zero-order valence-electron chi connectivity index (χ0n) is 24.5. The molecule has 8 aliphatic rings.